The average Bonchev–Trinajstić information content (AvgIpc) is 3.21. The summed E-state index contributed by atoms with van der Waals surface area (Å²) in [5, 5.41) is 6.78. The Morgan fingerprint density at radius 1 is 1.19 bits per heavy atom. The van der Waals surface area contributed by atoms with Crippen LogP contribution in [0.4, 0.5) is 10.5 Å². The molecule has 0 atom stereocenters. The van der Waals surface area contributed by atoms with E-state index in [-0.39, 0.29) is 12.3 Å². The van der Waals surface area contributed by atoms with Gasteiger partial charge in [0.15, 0.2) is 0 Å². The molecule has 9 nitrogen and oxygen atoms in total. The zero-order chi connectivity index (χ0) is 23.1. The second-order valence-corrected chi connectivity index (χ2v) is 8.34. The summed E-state index contributed by atoms with van der Waals surface area (Å²) in [5.74, 6) is 0.644. The van der Waals surface area contributed by atoms with E-state index in [2.05, 4.69) is 20.4 Å². The monoisotopic (exact) mass is 437 g/mol. The summed E-state index contributed by atoms with van der Waals surface area (Å²) >= 11 is 0. The first kappa shape index (κ1) is 22.9. The van der Waals surface area contributed by atoms with E-state index in [0.717, 1.165) is 11.1 Å². The molecule has 3 aromatic rings. The van der Waals surface area contributed by atoms with Crippen LogP contribution in [-0.2, 0) is 22.5 Å². The zero-order valence-electron chi connectivity index (χ0n) is 18.7. The highest BCUT2D eigenvalue weighted by molar-refractivity contribution is 5.90. The molecular weight excluding hydrogens is 410 g/mol. The van der Waals surface area contributed by atoms with E-state index in [1.165, 1.54) is 4.90 Å². The molecule has 0 aliphatic rings. The zero-order valence-corrected chi connectivity index (χ0v) is 18.7. The quantitative estimate of drug-likeness (QED) is 0.593. The van der Waals surface area contributed by atoms with Gasteiger partial charge in [-0.25, -0.2) is 4.79 Å². The molecule has 0 saturated carbocycles. The normalized spacial score (nSPS) is 11.1. The van der Waals surface area contributed by atoms with Crippen LogP contribution in [0.1, 0.15) is 38.6 Å². The molecule has 2 aromatic heterocycles. The molecule has 2 amide bonds. The summed E-state index contributed by atoms with van der Waals surface area (Å²) < 4.78 is 10.6. The number of anilines is 1. The van der Waals surface area contributed by atoms with Crippen LogP contribution in [0.2, 0.25) is 0 Å². The SMILES string of the molecule is CN(Cc1cccc(NC(=O)CCc2nc(-c3cccnc3)no2)c1)C(=O)OC(C)(C)C. The number of amides is 2. The van der Waals surface area contributed by atoms with Gasteiger partial charge in [0.2, 0.25) is 17.6 Å². The molecular formula is C23H27N5O4. The number of ether oxygens (including phenoxy) is 1. The number of carbonyl (C=O) groups excluding carboxylic acids is 2. The summed E-state index contributed by atoms with van der Waals surface area (Å²) in [6.07, 6.45) is 3.42. The number of hydrogen-bond acceptors (Lipinski definition) is 7. The highest BCUT2D eigenvalue weighted by Crippen LogP contribution is 2.17. The second-order valence-electron chi connectivity index (χ2n) is 8.34. The van der Waals surface area contributed by atoms with Gasteiger partial charge < -0.3 is 19.5 Å². The van der Waals surface area contributed by atoms with Gasteiger partial charge in [0.25, 0.3) is 0 Å². The Kier molecular flexibility index (Phi) is 7.19. The molecule has 0 radical (unpaired) electrons. The van der Waals surface area contributed by atoms with Crippen molar-refractivity contribution in [2.45, 2.75) is 45.8 Å². The van der Waals surface area contributed by atoms with Crippen LogP contribution >= 0.6 is 0 Å². The largest absolute Gasteiger partial charge is 0.444 e. The number of carbonyl (C=O) groups is 2. The average molecular weight is 438 g/mol. The van der Waals surface area contributed by atoms with Gasteiger partial charge in [-0.05, 0) is 50.6 Å². The van der Waals surface area contributed by atoms with Crippen LogP contribution in [0.25, 0.3) is 11.4 Å². The summed E-state index contributed by atoms with van der Waals surface area (Å²) in [4.78, 5) is 34.3. The molecule has 32 heavy (non-hydrogen) atoms. The smallest absolute Gasteiger partial charge is 0.410 e. The first-order valence-electron chi connectivity index (χ1n) is 10.3. The van der Waals surface area contributed by atoms with Crippen molar-refractivity contribution in [2.75, 3.05) is 12.4 Å². The number of nitrogens with zero attached hydrogens (tertiary/aromatic N) is 4. The molecule has 0 aliphatic carbocycles. The topological polar surface area (TPSA) is 110 Å². The molecule has 0 saturated heterocycles. The van der Waals surface area contributed by atoms with Gasteiger partial charge in [-0.3, -0.25) is 9.78 Å². The summed E-state index contributed by atoms with van der Waals surface area (Å²) in [5.41, 5.74) is 1.71. The van der Waals surface area contributed by atoms with Crippen molar-refractivity contribution >= 4 is 17.7 Å². The molecule has 0 fully saturated rings. The maximum atomic E-state index is 12.4. The lowest BCUT2D eigenvalue weighted by atomic mass is 10.2. The summed E-state index contributed by atoms with van der Waals surface area (Å²) in [7, 11) is 1.67. The standard InChI is InChI=1S/C23H27N5O4/c1-23(2,3)31-22(30)28(4)15-16-7-5-9-18(13-16)25-19(29)10-11-20-26-21(27-32-20)17-8-6-12-24-14-17/h5-9,12-14H,10-11,15H2,1-4H3,(H,25,29). The number of hydrogen-bond donors (Lipinski definition) is 1. The van der Waals surface area contributed by atoms with E-state index in [1.807, 2.05) is 45.0 Å². The number of pyridine rings is 1. The fraction of sp³-hybridized carbons (Fsp3) is 0.348. The molecule has 0 spiro atoms. The number of nitrogens with one attached hydrogen (secondary N) is 1. The molecule has 1 aromatic carbocycles. The predicted octanol–water partition coefficient (Wildman–Crippen LogP) is 4.07. The van der Waals surface area contributed by atoms with Gasteiger partial charge in [-0.15, -0.1) is 0 Å². The number of aromatic nitrogens is 3. The second kappa shape index (κ2) is 10.0. The lowest BCUT2D eigenvalue weighted by molar-refractivity contribution is -0.116. The lowest BCUT2D eigenvalue weighted by Crippen LogP contribution is -2.33. The summed E-state index contributed by atoms with van der Waals surface area (Å²) in [6, 6.07) is 11.0. The molecule has 0 bridgehead atoms. The molecule has 0 aliphatic heterocycles. The Morgan fingerprint density at radius 2 is 2.00 bits per heavy atom. The van der Waals surface area contributed by atoms with Gasteiger partial charge >= 0.3 is 6.09 Å². The van der Waals surface area contributed by atoms with Crippen LogP contribution in [0.5, 0.6) is 0 Å². The van der Waals surface area contributed by atoms with E-state index in [9.17, 15) is 9.59 Å². The third-order valence-electron chi connectivity index (χ3n) is 4.29. The van der Waals surface area contributed by atoms with Crippen molar-refractivity contribution in [3.8, 4) is 11.4 Å². The lowest BCUT2D eigenvalue weighted by Gasteiger charge is -2.24. The fourth-order valence-electron chi connectivity index (χ4n) is 2.84. The molecule has 0 unspecified atom stereocenters. The van der Waals surface area contributed by atoms with E-state index in [4.69, 9.17) is 9.26 Å². The van der Waals surface area contributed by atoms with Crippen molar-refractivity contribution < 1.29 is 18.8 Å². The minimum atomic E-state index is -0.557. The molecule has 3 rings (SSSR count). The Morgan fingerprint density at radius 3 is 2.72 bits per heavy atom. The molecule has 9 heteroatoms. The first-order chi connectivity index (χ1) is 15.2. The van der Waals surface area contributed by atoms with Gasteiger partial charge in [0, 0.05) is 50.1 Å². The highest BCUT2D eigenvalue weighted by atomic mass is 16.6. The van der Waals surface area contributed by atoms with Crippen LogP contribution in [0, 0.1) is 0 Å². The van der Waals surface area contributed by atoms with Crippen molar-refractivity contribution in [1.29, 1.82) is 0 Å². The van der Waals surface area contributed by atoms with Gasteiger partial charge in [0.1, 0.15) is 5.60 Å². The van der Waals surface area contributed by atoms with Crippen LogP contribution in [0.15, 0.2) is 53.3 Å². The summed E-state index contributed by atoms with van der Waals surface area (Å²) in [6.45, 7) is 5.83. The maximum Gasteiger partial charge on any atom is 0.410 e. The maximum absolute atomic E-state index is 12.4. The van der Waals surface area contributed by atoms with Crippen LogP contribution in [0.3, 0.4) is 0 Å². The van der Waals surface area contributed by atoms with Crippen molar-refractivity contribution in [2.24, 2.45) is 0 Å². The number of aryl methyl sites for hydroxylation is 1. The fourth-order valence-corrected chi connectivity index (χ4v) is 2.84. The van der Waals surface area contributed by atoms with Gasteiger partial charge in [0.05, 0.1) is 0 Å². The molecule has 2 heterocycles. The Bertz CT molecular complexity index is 1060. The van der Waals surface area contributed by atoms with Gasteiger partial charge in [-0.1, -0.05) is 17.3 Å². The molecule has 168 valence electrons. The highest BCUT2D eigenvalue weighted by Gasteiger charge is 2.19. The minimum absolute atomic E-state index is 0.177. The third kappa shape index (κ3) is 6.90. The Labute approximate surface area is 186 Å². The Balaban J connectivity index is 1.51. The third-order valence-corrected chi connectivity index (χ3v) is 4.29. The Hall–Kier alpha value is -3.75. The van der Waals surface area contributed by atoms with Crippen molar-refractivity contribution in [3.63, 3.8) is 0 Å². The van der Waals surface area contributed by atoms with E-state index in [1.54, 1.807) is 31.6 Å². The first-order valence-corrected chi connectivity index (χ1v) is 10.3. The number of benzene rings is 1. The van der Waals surface area contributed by atoms with Crippen molar-refractivity contribution in [3.05, 3.63) is 60.2 Å². The van der Waals surface area contributed by atoms with Gasteiger partial charge in [-0.2, -0.15) is 4.98 Å². The minimum Gasteiger partial charge on any atom is -0.444 e. The van der Waals surface area contributed by atoms with E-state index < -0.39 is 11.7 Å². The van der Waals surface area contributed by atoms with Crippen molar-refractivity contribution in [1.82, 2.24) is 20.0 Å². The molecule has 1 N–H and O–H groups in total. The van der Waals surface area contributed by atoms with E-state index >= 15 is 0 Å². The van der Waals surface area contributed by atoms with E-state index in [0.29, 0.717) is 30.4 Å². The van der Waals surface area contributed by atoms with Crippen LogP contribution in [-0.4, -0.2) is 44.7 Å². The predicted molar refractivity (Wildman–Crippen MR) is 119 cm³/mol. The van der Waals surface area contributed by atoms with Crippen LogP contribution < -0.4 is 5.32 Å². The number of rotatable bonds is 7.